The van der Waals surface area contributed by atoms with Crippen LogP contribution in [0.2, 0.25) is 0 Å². The summed E-state index contributed by atoms with van der Waals surface area (Å²) in [5.74, 6) is -0.231. The molecular formula is C15H21NO3. The van der Waals surface area contributed by atoms with Crippen LogP contribution in [0.3, 0.4) is 0 Å². The number of hydrogen-bond acceptors (Lipinski definition) is 4. The molecule has 1 aliphatic heterocycles. The third kappa shape index (κ3) is 3.55. The Bertz CT molecular complexity index is 397. The molecule has 1 aliphatic rings. The van der Waals surface area contributed by atoms with E-state index < -0.39 is 5.54 Å². The first-order valence-corrected chi connectivity index (χ1v) is 6.72. The molecule has 1 aromatic rings. The van der Waals surface area contributed by atoms with E-state index in [1.807, 2.05) is 30.3 Å². The largest absolute Gasteiger partial charge is 0.468 e. The minimum Gasteiger partial charge on any atom is -0.468 e. The average Bonchev–Trinajstić information content (AvgIpc) is 2.72. The summed E-state index contributed by atoms with van der Waals surface area (Å²) in [6.45, 7) is 1.73. The van der Waals surface area contributed by atoms with Crippen molar-refractivity contribution in [3.63, 3.8) is 0 Å². The molecule has 0 radical (unpaired) electrons. The van der Waals surface area contributed by atoms with E-state index in [0.29, 0.717) is 19.8 Å². The van der Waals surface area contributed by atoms with Crippen molar-refractivity contribution in [2.24, 2.45) is 0 Å². The molecule has 0 aromatic heterocycles. The SMILES string of the molecule is COC(=O)C1(NCc2ccccc2)CCCCOC1. The lowest BCUT2D eigenvalue weighted by Crippen LogP contribution is -2.55. The van der Waals surface area contributed by atoms with Crippen LogP contribution in [0.4, 0.5) is 0 Å². The van der Waals surface area contributed by atoms with Crippen molar-refractivity contribution in [2.75, 3.05) is 20.3 Å². The van der Waals surface area contributed by atoms with Crippen molar-refractivity contribution in [1.29, 1.82) is 0 Å². The number of ether oxygens (including phenoxy) is 2. The van der Waals surface area contributed by atoms with E-state index in [-0.39, 0.29) is 5.97 Å². The number of hydrogen-bond donors (Lipinski definition) is 1. The van der Waals surface area contributed by atoms with Gasteiger partial charge in [-0.15, -0.1) is 0 Å². The fourth-order valence-electron chi connectivity index (χ4n) is 2.38. The highest BCUT2D eigenvalue weighted by Gasteiger charge is 2.40. The zero-order valence-corrected chi connectivity index (χ0v) is 11.4. The molecule has 0 saturated carbocycles. The van der Waals surface area contributed by atoms with Gasteiger partial charge in [0, 0.05) is 13.2 Å². The minimum atomic E-state index is -0.707. The van der Waals surface area contributed by atoms with Crippen LogP contribution < -0.4 is 5.32 Å². The zero-order chi connectivity index (χ0) is 13.6. The lowest BCUT2D eigenvalue weighted by Gasteiger charge is -2.30. The molecule has 1 saturated heterocycles. The molecule has 0 aliphatic carbocycles. The van der Waals surface area contributed by atoms with Gasteiger partial charge in [0.2, 0.25) is 0 Å². The maximum absolute atomic E-state index is 12.1. The third-order valence-electron chi connectivity index (χ3n) is 3.54. The molecule has 1 aromatic carbocycles. The highest BCUT2D eigenvalue weighted by molar-refractivity contribution is 5.81. The molecule has 104 valence electrons. The average molecular weight is 263 g/mol. The maximum Gasteiger partial charge on any atom is 0.328 e. The van der Waals surface area contributed by atoms with Gasteiger partial charge in [-0.2, -0.15) is 0 Å². The van der Waals surface area contributed by atoms with Crippen LogP contribution in [0.1, 0.15) is 24.8 Å². The number of nitrogens with one attached hydrogen (secondary N) is 1. The Morgan fingerprint density at radius 1 is 1.37 bits per heavy atom. The first-order chi connectivity index (χ1) is 9.27. The Morgan fingerprint density at radius 2 is 2.16 bits per heavy atom. The van der Waals surface area contributed by atoms with E-state index in [1.54, 1.807) is 0 Å². The molecule has 1 atom stereocenters. The molecule has 1 fully saturated rings. The van der Waals surface area contributed by atoms with E-state index in [2.05, 4.69) is 5.32 Å². The van der Waals surface area contributed by atoms with Crippen LogP contribution in [-0.2, 0) is 20.8 Å². The smallest absolute Gasteiger partial charge is 0.328 e. The molecule has 1 unspecified atom stereocenters. The molecule has 4 heteroatoms. The maximum atomic E-state index is 12.1. The Morgan fingerprint density at radius 3 is 2.89 bits per heavy atom. The van der Waals surface area contributed by atoms with Gasteiger partial charge >= 0.3 is 5.97 Å². The number of benzene rings is 1. The van der Waals surface area contributed by atoms with E-state index in [4.69, 9.17) is 9.47 Å². The van der Waals surface area contributed by atoms with Gasteiger partial charge in [0.15, 0.2) is 0 Å². The topological polar surface area (TPSA) is 47.6 Å². The van der Waals surface area contributed by atoms with Crippen molar-refractivity contribution in [3.8, 4) is 0 Å². The first-order valence-electron chi connectivity index (χ1n) is 6.72. The van der Waals surface area contributed by atoms with Gasteiger partial charge in [0.1, 0.15) is 5.54 Å². The number of carbonyl (C=O) groups is 1. The van der Waals surface area contributed by atoms with Crippen molar-refractivity contribution in [1.82, 2.24) is 5.32 Å². The molecule has 1 heterocycles. The number of methoxy groups -OCH3 is 1. The predicted octanol–water partition coefficient (Wildman–Crippen LogP) is 1.89. The van der Waals surface area contributed by atoms with Crippen LogP contribution in [0, 0.1) is 0 Å². The molecular weight excluding hydrogens is 242 g/mol. The van der Waals surface area contributed by atoms with Crippen LogP contribution in [0.5, 0.6) is 0 Å². The van der Waals surface area contributed by atoms with E-state index >= 15 is 0 Å². The molecule has 0 spiro atoms. The van der Waals surface area contributed by atoms with Crippen LogP contribution in [-0.4, -0.2) is 31.8 Å². The standard InChI is InChI=1S/C15H21NO3/c1-18-14(17)15(9-5-6-10-19-12-15)16-11-13-7-3-2-4-8-13/h2-4,7-8,16H,5-6,9-12H2,1H3. The van der Waals surface area contributed by atoms with E-state index in [1.165, 1.54) is 7.11 Å². The summed E-state index contributed by atoms with van der Waals surface area (Å²) in [7, 11) is 1.43. The Hall–Kier alpha value is -1.39. The van der Waals surface area contributed by atoms with Gasteiger partial charge in [-0.25, -0.2) is 4.79 Å². The lowest BCUT2D eigenvalue weighted by molar-refractivity contribution is -0.151. The molecule has 1 N–H and O–H groups in total. The Balaban J connectivity index is 2.07. The minimum absolute atomic E-state index is 0.231. The fourth-order valence-corrected chi connectivity index (χ4v) is 2.38. The summed E-state index contributed by atoms with van der Waals surface area (Å²) in [5.41, 5.74) is 0.441. The number of esters is 1. The summed E-state index contributed by atoms with van der Waals surface area (Å²) in [5, 5.41) is 3.34. The van der Waals surface area contributed by atoms with Gasteiger partial charge in [-0.05, 0) is 24.8 Å². The molecule has 0 bridgehead atoms. The van der Waals surface area contributed by atoms with Crippen molar-refractivity contribution in [2.45, 2.75) is 31.3 Å². The molecule has 2 rings (SSSR count). The fraction of sp³-hybridized carbons (Fsp3) is 0.533. The van der Waals surface area contributed by atoms with Gasteiger partial charge in [-0.3, -0.25) is 5.32 Å². The van der Waals surface area contributed by atoms with Crippen molar-refractivity contribution >= 4 is 5.97 Å². The second-order valence-electron chi connectivity index (χ2n) is 4.92. The summed E-state index contributed by atoms with van der Waals surface area (Å²) < 4.78 is 10.5. The predicted molar refractivity (Wildman–Crippen MR) is 72.7 cm³/mol. The zero-order valence-electron chi connectivity index (χ0n) is 11.4. The highest BCUT2D eigenvalue weighted by Crippen LogP contribution is 2.21. The molecule has 4 nitrogen and oxygen atoms in total. The summed E-state index contributed by atoms with van der Waals surface area (Å²) in [6, 6.07) is 10.0. The van der Waals surface area contributed by atoms with Gasteiger partial charge in [0.25, 0.3) is 0 Å². The quantitative estimate of drug-likeness (QED) is 0.843. The van der Waals surface area contributed by atoms with E-state index in [9.17, 15) is 4.79 Å². The highest BCUT2D eigenvalue weighted by atomic mass is 16.5. The second kappa shape index (κ2) is 6.68. The van der Waals surface area contributed by atoms with Gasteiger partial charge in [0.05, 0.1) is 13.7 Å². The van der Waals surface area contributed by atoms with Gasteiger partial charge < -0.3 is 9.47 Å². The lowest BCUT2D eigenvalue weighted by atomic mass is 9.93. The van der Waals surface area contributed by atoms with Crippen molar-refractivity contribution in [3.05, 3.63) is 35.9 Å². The monoisotopic (exact) mass is 263 g/mol. The van der Waals surface area contributed by atoms with Crippen LogP contribution in [0.25, 0.3) is 0 Å². The van der Waals surface area contributed by atoms with Crippen LogP contribution >= 0.6 is 0 Å². The number of rotatable bonds is 4. The third-order valence-corrected chi connectivity index (χ3v) is 3.54. The molecule has 19 heavy (non-hydrogen) atoms. The second-order valence-corrected chi connectivity index (χ2v) is 4.92. The summed E-state index contributed by atoms with van der Waals surface area (Å²) in [6.07, 6.45) is 2.72. The normalized spacial score (nSPS) is 23.6. The van der Waals surface area contributed by atoms with E-state index in [0.717, 1.165) is 24.8 Å². The summed E-state index contributed by atoms with van der Waals surface area (Å²) >= 11 is 0. The Labute approximate surface area is 114 Å². The van der Waals surface area contributed by atoms with Crippen molar-refractivity contribution < 1.29 is 14.3 Å². The Kier molecular flexibility index (Phi) is 4.93. The van der Waals surface area contributed by atoms with Crippen LogP contribution in [0.15, 0.2) is 30.3 Å². The summed E-state index contributed by atoms with van der Waals surface area (Å²) in [4.78, 5) is 12.1. The molecule has 0 amide bonds. The number of carbonyl (C=O) groups excluding carboxylic acids is 1. The van der Waals surface area contributed by atoms with Gasteiger partial charge in [-0.1, -0.05) is 30.3 Å². The first kappa shape index (κ1) is 14.0.